The molecule has 1 aliphatic rings. The summed E-state index contributed by atoms with van der Waals surface area (Å²) >= 11 is 0. The van der Waals surface area contributed by atoms with E-state index in [1.54, 1.807) is 0 Å². The molecule has 3 rings (SSSR count). The molecular formula is C22H21F6NO5S. The van der Waals surface area contributed by atoms with Crippen molar-refractivity contribution in [2.24, 2.45) is 0 Å². The second kappa shape index (κ2) is 9.25. The minimum Gasteiger partial charge on any atom is -0.494 e. The fourth-order valence-corrected chi connectivity index (χ4v) is 4.42. The number of alkyl halides is 6. The van der Waals surface area contributed by atoms with E-state index in [-0.39, 0.29) is 13.1 Å². The number of carbonyl (C=O) groups excluding carboxylic acids is 1. The zero-order valence-electron chi connectivity index (χ0n) is 18.7. The maximum absolute atomic E-state index is 13.3. The molecular weight excluding hydrogens is 504 g/mol. The Morgan fingerprint density at radius 3 is 2.23 bits per heavy atom. The van der Waals surface area contributed by atoms with Gasteiger partial charge in [0.25, 0.3) is 5.91 Å². The lowest BCUT2D eigenvalue weighted by Crippen LogP contribution is -2.48. The molecule has 13 heteroatoms. The van der Waals surface area contributed by atoms with E-state index >= 15 is 0 Å². The van der Waals surface area contributed by atoms with Gasteiger partial charge >= 0.3 is 12.4 Å². The minimum atomic E-state index is -4.77. The summed E-state index contributed by atoms with van der Waals surface area (Å²) in [6, 6.07) is 6.52. The number of hydrogen-bond donors (Lipinski definition) is 0. The molecule has 1 fully saturated rings. The predicted molar refractivity (Wildman–Crippen MR) is 112 cm³/mol. The molecule has 1 amide bonds. The van der Waals surface area contributed by atoms with Gasteiger partial charge in [-0.25, -0.2) is 8.42 Å². The molecule has 6 nitrogen and oxygen atoms in total. The van der Waals surface area contributed by atoms with Crippen molar-refractivity contribution in [3.63, 3.8) is 0 Å². The quantitative estimate of drug-likeness (QED) is 0.512. The van der Waals surface area contributed by atoms with Crippen molar-refractivity contribution in [2.75, 3.05) is 26.5 Å². The number of amides is 1. The number of sulfone groups is 1. The normalized spacial score (nSPS) is 16.0. The van der Waals surface area contributed by atoms with Gasteiger partial charge in [0, 0.05) is 25.3 Å². The topological polar surface area (TPSA) is 72.9 Å². The Kier molecular flexibility index (Phi) is 7.04. The molecule has 0 radical (unpaired) electrons. The summed E-state index contributed by atoms with van der Waals surface area (Å²) in [5.41, 5.74) is -1.03. The van der Waals surface area contributed by atoms with Crippen molar-refractivity contribution in [3.8, 4) is 11.5 Å². The van der Waals surface area contributed by atoms with Gasteiger partial charge in [0.1, 0.15) is 16.2 Å². The summed E-state index contributed by atoms with van der Waals surface area (Å²) in [6.07, 6.45) is -10.8. The smallest absolute Gasteiger partial charge is 0.425 e. The maximum atomic E-state index is 13.3. The molecule has 0 aromatic heterocycles. The number of likely N-dealkylation sites (tertiary alicyclic amines) is 1. The highest BCUT2D eigenvalue weighted by atomic mass is 32.2. The number of benzene rings is 2. The third kappa shape index (κ3) is 5.65. The predicted octanol–water partition coefficient (Wildman–Crippen LogP) is 4.69. The number of halogens is 6. The number of hydrogen-bond acceptors (Lipinski definition) is 5. The highest BCUT2D eigenvalue weighted by molar-refractivity contribution is 7.90. The van der Waals surface area contributed by atoms with Gasteiger partial charge in [-0.05, 0) is 30.7 Å². The molecule has 192 valence electrons. The molecule has 0 bridgehead atoms. The average molecular weight is 525 g/mol. The van der Waals surface area contributed by atoms with Crippen LogP contribution in [-0.2, 0) is 16.0 Å². The Bertz CT molecular complexity index is 1220. The van der Waals surface area contributed by atoms with Gasteiger partial charge in [0.2, 0.25) is 0 Å². The Labute approximate surface area is 197 Å². The largest absolute Gasteiger partial charge is 0.494 e. The second-order valence-corrected chi connectivity index (χ2v) is 10.1. The van der Waals surface area contributed by atoms with E-state index in [0.717, 1.165) is 44.6 Å². The molecule has 0 saturated carbocycles. The van der Waals surface area contributed by atoms with Gasteiger partial charge in [-0.15, -0.1) is 0 Å². The van der Waals surface area contributed by atoms with E-state index < -0.39 is 67.6 Å². The Morgan fingerprint density at radius 2 is 1.71 bits per heavy atom. The first kappa shape index (κ1) is 26.6. The summed E-state index contributed by atoms with van der Waals surface area (Å²) < 4.78 is 113. The first-order valence-corrected chi connectivity index (χ1v) is 12.0. The van der Waals surface area contributed by atoms with Crippen LogP contribution in [0.1, 0.15) is 34.3 Å². The monoisotopic (exact) mass is 525 g/mol. The molecule has 1 saturated heterocycles. The van der Waals surface area contributed by atoms with Gasteiger partial charge in [0.05, 0.1) is 12.7 Å². The summed E-state index contributed by atoms with van der Waals surface area (Å²) in [5, 5.41) is 0. The van der Waals surface area contributed by atoms with Crippen LogP contribution < -0.4 is 9.47 Å². The first-order chi connectivity index (χ1) is 16.0. The Hall–Kier alpha value is -2.96. The summed E-state index contributed by atoms with van der Waals surface area (Å²) in [4.78, 5) is 14.0. The zero-order valence-corrected chi connectivity index (χ0v) is 19.5. The van der Waals surface area contributed by atoms with Crippen molar-refractivity contribution in [3.05, 3.63) is 53.1 Å². The van der Waals surface area contributed by atoms with Crippen LogP contribution in [0, 0.1) is 0 Å². The van der Waals surface area contributed by atoms with E-state index in [2.05, 4.69) is 0 Å². The lowest BCUT2D eigenvalue weighted by molar-refractivity contribution is -0.189. The fourth-order valence-electron chi connectivity index (χ4n) is 3.58. The Morgan fingerprint density at radius 1 is 1.09 bits per heavy atom. The molecule has 2 aromatic carbocycles. The molecule has 0 N–H and O–H groups in total. The van der Waals surface area contributed by atoms with Crippen LogP contribution >= 0.6 is 0 Å². The van der Waals surface area contributed by atoms with Crippen LogP contribution in [0.5, 0.6) is 11.5 Å². The van der Waals surface area contributed by atoms with Crippen molar-refractivity contribution in [2.45, 2.75) is 36.2 Å². The van der Waals surface area contributed by atoms with Gasteiger partial charge in [0.15, 0.2) is 21.7 Å². The molecule has 0 spiro atoms. The highest BCUT2D eigenvalue weighted by Gasteiger charge is 2.41. The Balaban J connectivity index is 1.95. The number of ether oxygens (including phenoxy) is 2. The molecule has 0 unspecified atom stereocenters. The van der Waals surface area contributed by atoms with Crippen LogP contribution in [-0.4, -0.2) is 58.0 Å². The molecule has 1 heterocycles. The van der Waals surface area contributed by atoms with Crippen LogP contribution in [0.25, 0.3) is 0 Å². The minimum absolute atomic E-state index is 0.0410. The lowest BCUT2D eigenvalue weighted by Gasteiger charge is -2.40. The van der Waals surface area contributed by atoms with Gasteiger partial charge < -0.3 is 14.4 Å². The van der Waals surface area contributed by atoms with E-state index in [9.17, 15) is 39.6 Å². The summed E-state index contributed by atoms with van der Waals surface area (Å²) in [7, 11) is -2.89. The van der Waals surface area contributed by atoms with Crippen LogP contribution in [0.3, 0.4) is 0 Å². The van der Waals surface area contributed by atoms with E-state index in [1.807, 2.05) is 0 Å². The molecule has 1 atom stereocenters. The van der Waals surface area contributed by atoms with Crippen molar-refractivity contribution < 1.29 is 49.0 Å². The average Bonchev–Trinajstić information content (AvgIpc) is 2.70. The van der Waals surface area contributed by atoms with Crippen LogP contribution in [0.15, 0.2) is 41.3 Å². The number of carbonyl (C=O) groups is 1. The highest BCUT2D eigenvalue weighted by Crippen LogP contribution is 2.40. The molecule has 0 aliphatic carbocycles. The van der Waals surface area contributed by atoms with Crippen LogP contribution in [0.4, 0.5) is 26.3 Å². The standard InChI is InChI=1S/C22H21F6NO5S/c1-12(21(23,24)25)34-16-7-8-17(35(3,31)32)19(33-2)18(16)20(30)29-10-14(11-29)13-5-4-6-15(9-13)22(26,27)28/h4-9,12,14H,10-11H2,1-3H3/t12-/m0/s1. The molecule has 35 heavy (non-hydrogen) atoms. The first-order valence-electron chi connectivity index (χ1n) is 10.1. The van der Waals surface area contributed by atoms with Crippen molar-refractivity contribution in [1.82, 2.24) is 4.90 Å². The molecule has 2 aromatic rings. The van der Waals surface area contributed by atoms with Crippen LogP contribution in [0.2, 0.25) is 0 Å². The van der Waals surface area contributed by atoms with E-state index in [1.165, 1.54) is 17.0 Å². The number of rotatable bonds is 6. The van der Waals surface area contributed by atoms with E-state index in [4.69, 9.17) is 9.47 Å². The summed E-state index contributed by atoms with van der Waals surface area (Å²) in [5.74, 6) is -2.35. The maximum Gasteiger partial charge on any atom is 0.425 e. The number of methoxy groups -OCH3 is 1. The van der Waals surface area contributed by atoms with Crippen molar-refractivity contribution in [1.29, 1.82) is 0 Å². The SMILES string of the molecule is COc1c(S(C)(=O)=O)ccc(O[C@@H](C)C(F)(F)F)c1C(=O)N1CC(c2cccc(C(F)(F)F)c2)C1. The van der Waals surface area contributed by atoms with E-state index in [0.29, 0.717) is 5.56 Å². The third-order valence-electron chi connectivity index (χ3n) is 5.52. The van der Waals surface area contributed by atoms with Gasteiger partial charge in [-0.2, -0.15) is 26.3 Å². The number of nitrogens with zero attached hydrogens (tertiary/aromatic N) is 1. The second-order valence-electron chi connectivity index (χ2n) is 8.07. The fraction of sp³-hybridized carbons (Fsp3) is 0.409. The third-order valence-corrected chi connectivity index (χ3v) is 6.64. The zero-order chi connectivity index (χ0) is 26.3. The van der Waals surface area contributed by atoms with Crippen molar-refractivity contribution >= 4 is 15.7 Å². The van der Waals surface area contributed by atoms with Gasteiger partial charge in [-0.3, -0.25) is 4.79 Å². The lowest BCUT2D eigenvalue weighted by atomic mass is 9.89. The van der Waals surface area contributed by atoms with Gasteiger partial charge in [-0.1, -0.05) is 18.2 Å². The summed E-state index contributed by atoms with van der Waals surface area (Å²) in [6.45, 7) is 0.639. The molecule has 1 aliphatic heterocycles.